The topological polar surface area (TPSA) is 98.6 Å². The van der Waals surface area contributed by atoms with E-state index in [1.807, 2.05) is 47.0 Å². The van der Waals surface area contributed by atoms with E-state index in [4.69, 9.17) is 9.47 Å². The lowest BCUT2D eigenvalue weighted by atomic mass is 10.2. The van der Waals surface area contributed by atoms with Crippen LogP contribution in [0.3, 0.4) is 0 Å². The number of rotatable bonds is 6. The van der Waals surface area contributed by atoms with Crippen molar-refractivity contribution in [3.63, 3.8) is 0 Å². The summed E-state index contributed by atoms with van der Waals surface area (Å²) in [6, 6.07) is 14.7. The van der Waals surface area contributed by atoms with Crippen molar-refractivity contribution in [3.8, 4) is 11.5 Å². The van der Waals surface area contributed by atoms with E-state index in [9.17, 15) is 9.59 Å². The van der Waals surface area contributed by atoms with Gasteiger partial charge in [-0.2, -0.15) is 0 Å². The van der Waals surface area contributed by atoms with Gasteiger partial charge < -0.3 is 14.8 Å². The molecule has 0 spiro atoms. The van der Waals surface area contributed by atoms with Gasteiger partial charge in [0.05, 0.1) is 16.6 Å². The van der Waals surface area contributed by atoms with E-state index in [2.05, 4.69) is 22.1 Å². The van der Waals surface area contributed by atoms with Gasteiger partial charge in [-0.25, -0.2) is 0 Å². The minimum Gasteiger partial charge on any atom is -0.485 e. The van der Waals surface area contributed by atoms with Crippen molar-refractivity contribution < 1.29 is 19.1 Å². The predicted octanol–water partition coefficient (Wildman–Crippen LogP) is 3.44. The third-order valence-electron chi connectivity index (χ3n) is 5.52. The maximum Gasteiger partial charge on any atom is 0.244 e. The summed E-state index contributed by atoms with van der Waals surface area (Å²) in [7, 11) is 0. The number of aromatic nitrogens is 3. The number of hydrogen-bond donors (Lipinski definition) is 1. The fourth-order valence-corrected chi connectivity index (χ4v) is 4.86. The molecule has 0 radical (unpaired) electrons. The number of nitrogens with one attached hydrogen (secondary N) is 1. The molecule has 3 aromatic rings. The lowest BCUT2D eigenvalue weighted by molar-refractivity contribution is -0.121. The van der Waals surface area contributed by atoms with Gasteiger partial charge in [-0.3, -0.25) is 19.1 Å². The Morgan fingerprint density at radius 2 is 2.00 bits per heavy atom. The molecule has 0 bridgehead atoms. The maximum atomic E-state index is 13.3. The third kappa shape index (κ3) is 4.12. The standard InChI is InChI=1S/C24H23N5O4S/c1-3-12-28-22(20-14-32-18-10-6-7-11-19(18)33-20)26-27-24(28)34-15(2)23(31)29-13-21(30)25-16-8-4-5-9-17(16)29/h3-11,15,20H,1,12-14H2,2H3,(H,25,30)/t15-,20+/m1/s1. The fraction of sp³-hybridized carbons (Fsp3) is 0.250. The number of anilines is 2. The summed E-state index contributed by atoms with van der Waals surface area (Å²) in [4.78, 5) is 27.0. The van der Waals surface area contributed by atoms with Crippen LogP contribution >= 0.6 is 11.8 Å². The number of hydrogen-bond acceptors (Lipinski definition) is 7. The van der Waals surface area contributed by atoms with Gasteiger partial charge in [0.25, 0.3) is 0 Å². The van der Waals surface area contributed by atoms with Crippen molar-refractivity contribution in [2.75, 3.05) is 23.4 Å². The Balaban J connectivity index is 1.37. The highest BCUT2D eigenvalue weighted by atomic mass is 32.2. The van der Waals surface area contributed by atoms with Gasteiger partial charge in [0, 0.05) is 6.54 Å². The summed E-state index contributed by atoms with van der Waals surface area (Å²) < 4.78 is 13.8. The molecule has 2 atom stereocenters. The number of benzene rings is 2. The molecule has 2 aliphatic rings. The van der Waals surface area contributed by atoms with Crippen molar-refractivity contribution in [3.05, 3.63) is 67.0 Å². The van der Waals surface area contributed by atoms with Gasteiger partial charge >= 0.3 is 0 Å². The molecule has 0 aliphatic carbocycles. The van der Waals surface area contributed by atoms with E-state index in [1.54, 1.807) is 19.1 Å². The molecular formula is C24H23N5O4S. The molecule has 34 heavy (non-hydrogen) atoms. The number of carbonyl (C=O) groups excluding carboxylic acids is 2. The summed E-state index contributed by atoms with van der Waals surface area (Å²) in [5.41, 5.74) is 1.30. The SMILES string of the molecule is C=CCn1c(S[C@H](C)C(=O)N2CC(=O)Nc3ccccc32)nnc1[C@@H]1COc2ccccc2O1. The third-order valence-corrected chi connectivity index (χ3v) is 6.59. The molecule has 10 heteroatoms. The smallest absolute Gasteiger partial charge is 0.244 e. The van der Waals surface area contributed by atoms with Crippen LogP contribution in [-0.4, -0.2) is 45.0 Å². The molecule has 0 unspecified atom stereocenters. The lowest BCUT2D eigenvalue weighted by Crippen LogP contribution is -2.45. The molecule has 0 saturated heterocycles. The van der Waals surface area contributed by atoms with Crippen LogP contribution in [0.2, 0.25) is 0 Å². The zero-order valence-electron chi connectivity index (χ0n) is 18.5. The Bertz CT molecular complexity index is 1260. The first-order chi connectivity index (χ1) is 16.5. The summed E-state index contributed by atoms with van der Waals surface area (Å²) in [6.07, 6.45) is 1.30. The van der Waals surface area contributed by atoms with Crippen LogP contribution in [0.15, 0.2) is 66.3 Å². The number of carbonyl (C=O) groups is 2. The number of amides is 2. The Hall–Kier alpha value is -3.79. The van der Waals surface area contributed by atoms with E-state index in [-0.39, 0.29) is 18.4 Å². The van der Waals surface area contributed by atoms with Gasteiger partial charge in [0.2, 0.25) is 11.8 Å². The minimum absolute atomic E-state index is 0.0298. The monoisotopic (exact) mass is 477 g/mol. The van der Waals surface area contributed by atoms with Gasteiger partial charge in [0.1, 0.15) is 13.2 Å². The second-order valence-electron chi connectivity index (χ2n) is 7.85. The Morgan fingerprint density at radius 1 is 1.24 bits per heavy atom. The van der Waals surface area contributed by atoms with E-state index in [1.165, 1.54) is 16.7 Å². The Morgan fingerprint density at radius 3 is 2.82 bits per heavy atom. The summed E-state index contributed by atoms with van der Waals surface area (Å²) >= 11 is 1.28. The summed E-state index contributed by atoms with van der Waals surface area (Å²) in [5.74, 6) is 1.52. The lowest BCUT2D eigenvalue weighted by Gasteiger charge is -2.30. The number of allylic oxidation sites excluding steroid dienone is 1. The Kier molecular flexibility index (Phi) is 5.97. The van der Waals surface area contributed by atoms with Crippen molar-refractivity contribution in [1.82, 2.24) is 14.8 Å². The number of para-hydroxylation sites is 4. The molecule has 0 saturated carbocycles. The maximum absolute atomic E-state index is 13.3. The molecule has 1 N–H and O–H groups in total. The zero-order valence-corrected chi connectivity index (χ0v) is 19.3. The van der Waals surface area contributed by atoms with Crippen LogP contribution in [0.5, 0.6) is 11.5 Å². The highest BCUT2D eigenvalue weighted by Gasteiger charge is 2.33. The van der Waals surface area contributed by atoms with Crippen LogP contribution in [0, 0.1) is 0 Å². The first kappa shape index (κ1) is 22.0. The van der Waals surface area contributed by atoms with Crippen molar-refractivity contribution in [1.29, 1.82) is 0 Å². The van der Waals surface area contributed by atoms with Crippen LogP contribution < -0.4 is 19.7 Å². The van der Waals surface area contributed by atoms with Crippen molar-refractivity contribution in [2.24, 2.45) is 0 Å². The van der Waals surface area contributed by atoms with Crippen LogP contribution in [0.25, 0.3) is 0 Å². The van der Waals surface area contributed by atoms with Crippen LogP contribution in [-0.2, 0) is 16.1 Å². The normalized spacial score (nSPS) is 17.5. The number of ether oxygens (including phenoxy) is 2. The molecule has 174 valence electrons. The largest absolute Gasteiger partial charge is 0.485 e. The second-order valence-corrected chi connectivity index (χ2v) is 9.16. The molecule has 1 aromatic heterocycles. The zero-order chi connectivity index (χ0) is 23.7. The molecular weight excluding hydrogens is 454 g/mol. The van der Waals surface area contributed by atoms with Crippen LogP contribution in [0.4, 0.5) is 11.4 Å². The molecule has 2 aliphatic heterocycles. The molecule has 9 nitrogen and oxygen atoms in total. The second kappa shape index (κ2) is 9.22. The molecule has 0 fully saturated rings. The van der Waals surface area contributed by atoms with E-state index in [0.717, 1.165) is 0 Å². The molecule has 2 amide bonds. The number of fused-ring (bicyclic) bond motifs is 2. The summed E-state index contributed by atoms with van der Waals surface area (Å²) in [6.45, 7) is 6.35. The Labute approximate surface area is 200 Å². The van der Waals surface area contributed by atoms with Gasteiger partial charge in [-0.15, -0.1) is 16.8 Å². The van der Waals surface area contributed by atoms with Gasteiger partial charge in [-0.1, -0.05) is 42.1 Å². The van der Waals surface area contributed by atoms with Crippen LogP contribution in [0.1, 0.15) is 18.9 Å². The first-order valence-electron chi connectivity index (χ1n) is 10.8. The quantitative estimate of drug-likeness (QED) is 0.429. The molecule has 3 heterocycles. The van der Waals surface area contributed by atoms with E-state index in [0.29, 0.717) is 47.0 Å². The highest BCUT2D eigenvalue weighted by molar-refractivity contribution is 8.00. The summed E-state index contributed by atoms with van der Waals surface area (Å²) in [5, 5.41) is 11.5. The van der Waals surface area contributed by atoms with Gasteiger partial charge in [-0.05, 0) is 31.2 Å². The molecule has 5 rings (SSSR count). The molecule has 2 aromatic carbocycles. The predicted molar refractivity (Wildman–Crippen MR) is 128 cm³/mol. The van der Waals surface area contributed by atoms with Crippen molar-refractivity contribution >= 4 is 35.0 Å². The number of thioether (sulfide) groups is 1. The van der Waals surface area contributed by atoms with Gasteiger partial charge in [0.15, 0.2) is 28.6 Å². The first-order valence-corrected chi connectivity index (χ1v) is 11.7. The highest BCUT2D eigenvalue weighted by Crippen LogP contribution is 2.37. The van der Waals surface area contributed by atoms with E-state index >= 15 is 0 Å². The number of nitrogens with zero attached hydrogens (tertiary/aromatic N) is 4. The van der Waals surface area contributed by atoms with E-state index < -0.39 is 11.4 Å². The van der Waals surface area contributed by atoms with Crippen molar-refractivity contribution in [2.45, 2.75) is 30.0 Å². The average Bonchev–Trinajstić information content (AvgIpc) is 3.24. The fourth-order valence-electron chi connectivity index (χ4n) is 3.93. The average molecular weight is 478 g/mol. The minimum atomic E-state index is -0.510.